The Balaban J connectivity index is 1.90. The molecule has 2 aromatic rings. The van der Waals surface area contributed by atoms with Gasteiger partial charge < -0.3 is 15.4 Å². The number of aryl methyl sites for hydroxylation is 1. The highest BCUT2D eigenvalue weighted by molar-refractivity contribution is 8.03. The molecule has 0 aromatic heterocycles. The van der Waals surface area contributed by atoms with Crippen LogP contribution in [0.15, 0.2) is 70.4 Å². The zero-order chi connectivity index (χ0) is 23.3. The summed E-state index contributed by atoms with van der Waals surface area (Å²) in [5, 5.41) is 16.1. The van der Waals surface area contributed by atoms with Crippen molar-refractivity contribution < 1.29 is 18.7 Å². The van der Waals surface area contributed by atoms with Crippen LogP contribution in [0, 0.1) is 24.1 Å². The van der Waals surface area contributed by atoms with E-state index < -0.39 is 17.7 Å². The molecular formula is C24H22FN3O3S. The molecule has 0 bridgehead atoms. The number of benzene rings is 2. The average molecular weight is 452 g/mol. The van der Waals surface area contributed by atoms with Gasteiger partial charge in [0.05, 0.1) is 41.0 Å². The molecule has 0 saturated heterocycles. The van der Waals surface area contributed by atoms with Crippen LogP contribution in [0.4, 0.5) is 10.1 Å². The first-order chi connectivity index (χ1) is 15.3. The van der Waals surface area contributed by atoms with Crippen LogP contribution < -0.4 is 10.6 Å². The fourth-order valence-corrected chi connectivity index (χ4v) is 4.29. The summed E-state index contributed by atoms with van der Waals surface area (Å²) >= 11 is 1.12. The van der Waals surface area contributed by atoms with E-state index in [1.54, 1.807) is 25.1 Å². The number of thioether (sulfide) groups is 1. The standard InChI is InChI=1S/C24H22FN3O3S/c1-14-8-10-16(11-9-14)28-20(29)13-32-23-18(12-26)22(17-6-4-5-7-19(17)25)21(15(2)27-23)24(30)31-3/h4-11,22,27H,13H2,1-3H3,(H,28,29). The maximum atomic E-state index is 14.7. The third-order valence-corrected chi connectivity index (χ3v) is 5.97. The molecular weight excluding hydrogens is 429 g/mol. The molecule has 3 rings (SSSR count). The number of nitriles is 1. The van der Waals surface area contributed by atoms with E-state index in [1.807, 2.05) is 19.1 Å². The first-order valence-corrected chi connectivity index (χ1v) is 10.8. The molecule has 0 spiro atoms. The van der Waals surface area contributed by atoms with E-state index in [9.17, 15) is 19.2 Å². The number of anilines is 1. The summed E-state index contributed by atoms with van der Waals surface area (Å²) in [5.74, 6) is -2.38. The molecule has 1 atom stereocenters. The average Bonchev–Trinajstić information content (AvgIpc) is 2.78. The van der Waals surface area contributed by atoms with E-state index in [4.69, 9.17) is 4.74 Å². The van der Waals surface area contributed by atoms with Gasteiger partial charge in [0.25, 0.3) is 0 Å². The third-order valence-electron chi connectivity index (χ3n) is 4.95. The van der Waals surface area contributed by atoms with E-state index in [-0.39, 0.29) is 28.4 Å². The van der Waals surface area contributed by atoms with E-state index in [0.29, 0.717) is 16.4 Å². The Labute approximate surface area is 190 Å². The minimum atomic E-state index is -0.947. The number of methoxy groups -OCH3 is 1. The minimum absolute atomic E-state index is 0.0201. The molecule has 0 saturated carbocycles. The number of amides is 1. The summed E-state index contributed by atoms with van der Waals surface area (Å²) in [6, 6.07) is 15.5. The summed E-state index contributed by atoms with van der Waals surface area (Å²) in [5.41, 5.74) is 2.67. The number of carbonyl (C=O) groups excluding carboxylic acids is 2. The van der Waals surface area contributed by atoms with Crippen molar-refractivity contribution in [2.45, 2.75) is 19.8 Å². The molecule has 1 aliphatic rings. The van der Waals surface area contributed by atoms with Crippen LogP contribution in [-0.2, 0) is 14.3 Å². The lowest BCUT2D eigenvalue weighted by atomic mass is 9.82. The van der Waals surface area contributed by atoms with Gasteiger partial charge in [0, 0.05) is 16.9 Å². The number of allylic oxidation sites excluding steroid dienone is 2. The number of esters is 1. The van der Waals surface area contributed by atoms with Crippen LogP contribution in [-0.4, -0.2) is 24.7 Å². The van der Waals surface area contributed by atoms with Crippen molar-refractivity contribution in [3.8, 4) is 6.07 Å². The van der Waals surface area contributed by atoms with Crippen LogP contribution in [0.2, 0.25) is 0 Å². The lowest BCUT2D eigenvalue weighted by molar-refractivity contribution is -0.136. The zero-order valence-corrected chi connectivity index (χ0v) is 18.7. The van der Waals surface area contributed by atoms with E-state index in [2.05, 4.69) is 16.7 Å². The van der Waals surface area contributed by atoms with Crippen LogP contribution >= 0.6 is 11.8 Å². The van der Waals surface area contributed by atoms with Gasteiger partial charge in [-0.2, -0.15) is 5.26 Å². The monoisotopic (exact) mass is 451 g/mol. The van der Waals surface area contributed by atoms with E-state index in [1.165, 1.54) is 25.3 Å². The number of rotatable bonds is 6. The van der Waals surface area contributed by atoms with Gasteiger partial charge in [0.2, 0.25) is 5.91 Å². The predicted octanol–water partition coefficient (Wildman–Crippen LogP) is 4.38. The van der Waals surface area contributed by atoms with Crippen molar-refractivity contribution in [2.24, 2.45) is 0 Å². The van der Waals surface area contributed by atoms with Gasteiger partial charge in [-0.1, -0.05) is 47.7 Å². The molecule has 2 aromatic carbocycles. The fraction of sp³-hybridized carbons (Fsp3) is 0.208. The van der Waals surface area contributed by atoms with E-state index in [0.717, 1.165) is 17.3 Å². The van der Waals surface area contributed by atoms with Crippen molar-refractivity contribution in [2.75, 3.05) is 18.2 Å². The molecule has 6 nitrogen and oxygen atoms in total. The van der Waals surface area contributed by atoms with Gasteiger partial charge in [0.1, 0.15) is 5.82 Å². The molecule has 0 radical (unpaired) electrons. The van der Waals surface area contributed by atoms with Crippen molar-refractivity contribution in [3.05, 3.63) is 87.3 Å². The van der Waals surface area contributed by atoms with Crippen molar-refractivity contribution in [3.63, 3.8) is 0 Å². The number of ether oxygens (including phenoxy) is 1. The zero-order valence-electron chi connectivity index (χ0n) is 17.9. The van der Waals surface area contributed by atoms with Gasteiger partial charge in [-0.3, -0.25) is 4.79 Å². The molecule has 1 aliphatic heterocycles. The van der Waals surface area contributed by atoms with Crippen molar-refractivity contribution >= 4 is 29.3 Å². The van der Waals surface area contributed by atoms with Gasteiger partial charge >= 0.3 is 5.97 Å². The summed E-state index contributed by atoms with van der Waals surface area (Å²) in [7, 11) is 1.23. The predicted molar refractivity (Wildman–Crippen MR) is 122 cm³/mol. The summed E-state index contributed by atoms with van der Waals surface area (Å²) in [6.07, 6.45) is 0. The van der Waals surface area contributed by atoms with Gasteiger partial charge in [-0.15, -0.1) is 0 Å². The highest BCUT2D eigenvalue weighted by Gasteiger charge is 2.36. The number of hydrogen-bond donors (Lipinski definition) is 2. The first-order valence-electron chi connectivity index (χ1n) is 9.79. The molecule has 1 amide bonds. The number of hydrogen-bond acceptors (Lipinski definition) is 6. The highest BCUT2D eigenvalue weighted by atomic mass is 32.2. The second kappa shape index (κ2) is 10.2. The Kier molecular flexibility index (Phi) is 7.33. The quantitative estimate of drug-likeness (QED) is 0.634. The lowest BCUT2D eigenvalue weighted by Crippen LogP contribution is -2.29. The normalized spacial score (nSPS) is 15.7. The first kappa shape index (κ1) is 23.1. The van der Waals surface area contributed by atoms with Crippen LogP contribution in [0.5, 0.6) is 0 Å². The third kappa shape index (κ3) is 5.01. The molecule has 0 fully saturated rings. The maximum absolute atomic E-state index is 14.7. The summed E-state index contributed by atoms with van der Waals surface area (Å²) in [4.78, 5) is 24.9. The molecule has 1 unspecified atom stereocenters. The topological polar surface area (TPSA) is 91.2 Å². The summed E-state index contributed by atoms with van der Waals surface area (Å²) < 4.78 is 19.6. The molecule has 1 heterocycles. The van der Waals surface area contributed by atoms with Crippen molar-refractivity contribution in [1.29, 1.82) is 5.26 Å². The van der Waals surface area contributed by atoms with Crippen molar-refractivity contribution in [1.82, 2.24) is 5.32 Å². The van der Waals surface area contributed by atoms with Gasteiger partial charge in [0.15, 0.2) is 0 Å². The Morgan fingerprint density at radius 2 is 1.88 bits per heavy atom. The number of dihydropyridines is 1. The van der Waals surface area contributed by atoms with E-state index >= 15 is 0 Å². The largest absolute Gasteiger partial charge is 0.466 e. The fourth-order valence-electron chi connectivity index (χ4n) is 3.40. The second-order valence-electron chi connectivity index (χ2n) is 7.17. The second-order valence-corrected chi connectivity index (χ2v) is 8.15. The number of nitrogens with one attached hydrogen (secondary N) is 2. The highest BCUT2D eigenvalue weighted by Crippen LogP contribution is 2.41. The van der Waals surface area contributed by atoms with Crippen LogP contribution in [0.1, 0.15) is 24.0 Å². The Hall–Kier alpha value is -3.57. The number of halogens is 1. The SMILES string of the molecule is COC(=O)C1=C(C)NC(SCC(=O)Nc2ccc(C)cc2)=C(C#N)C1c1ccccc1F. The smallest absolute Gasteiger partial charge is 0.336 e. The number of nitrogens with zero attached hydrogens (tertiary/aromatic N) is 1. The Bertz CT molecular complexity index is 1150. The van der Waals surface area contributed by atoms with Gasteiger partial charge in [-0.05, 0) is 32.0 Å². The minimum Gasteiger partial charge on any atom is -0.466 e. The molecule has 164 valence electrons. The maximum Gasteiger partial charge on any atom is 0.336 e. The van der Waals surface area contributed by atoms with Gasteiger partial charge in [-0.25, -0.2) is 9.18 Å². The molecule has 2 N–H and O–H groups in total. The Morgan fingerprint density at radius 1 is 1.19 bits per heavy atom. The summed E-state index contributed by atoms with van der Waals surface area (Å²) in [6.45, 7) is 3.61. The van der Waals surface area contributed by atoms with Crippen LogP contribution in [0.3, 0.4) is 0 Å². The lowest BCUT2D eigenvalue weighted by Gasteiger charge is -2.29. The molecule has 8 heteroatoms. The number of carbonyl (C=O) groups is 2. The molecule has 32 heavy (non-hydrogen) atoms. The van der Waals surface area contributed by atoms with Crippen LogP contribution in [0.25, 0.3) is 0 Å². The Morgan fingerprint density at radius 3 is 2.50 bits per heavy atom. The molecule has 0 aliphatic carbocycles.